The Morgan fingerprint density at radius 3 is 1.95 bits per heavy atom. The van der Waals surface area contributed by atoms with Gasteiger partial charge in [0.15, 0.2) is 0 Å². The van der Waals surface area contributed by atoms with Gasteiger partial charge in [-0.05, 0) is 35.9 Å². The van der Waals surface area contributed by atoms with Crippen LogP contribution in [-0.4, -0.2) is 67.7 Å². The van der Waals surface area contributed by atoms with E-state index in [2.05, 4.69) is 10.6 Å². The van der Waals surface area contributed by atoms with E-state index < -0.39 is 59.0 Å². The number of urea groups is 2. The Kier molecular flexibility index (Phi) is 8.84. The number of benzene rings is 2. The molecule has 40 heavy (non-hydrogen) atoms. The maximum Gasteiger partial charge on any atom is 0.416 e. The number of hydrogen-bond donors (Lipinski definition) is 2. The second-order valence-corrected chi connectivity index (χ2v) is 9.24. The third kappa shape index (κ3) is 7.12. The van der Waals surface area contributed by atoms with Gasteiger partial charge >= 0.3 is 24.4 Å². The Hall–Kier alpha value is -4.04. The average molecular weight is 578 g/mol. The fraction of sp³-hybridized carbons (Fsp3) is 0.400. The van der Waals surface area contributed by atoms with Crippen LogP contribution in [0.4, 0.5) is 46.0 Å². The smallest absolute Gasteiger partial charge is 0.339 e. The third-order valence-electron chi connectivity index (χ3n) is 6.50. The highest BCUT2D eigenvalue weighted by Gasteiger charge is 2.42. The first-order chi connectivity index (χ1) is 18.5. The van der Waals surface area contributed by atoms with Gasteiger partial charge in [-0.25, -0.2) is 14.0 Å². The molecule has 15 heteroatoms. The van der Waals surface area contributed by atoms with Gasteiger partial charge in [-0.3, -0.25) is 9.69 Å². The van der Waals surface area contributed by atoms with Crippen LogP contribution in [0.2, 0.25) is 0 Å². The average Bonchev–Trinajstić information content (AvgIpc) is 3.32. The molecule has 2 unspecified atom stereocenters. The molecule has 2 atom stereocenters. The van der Waals surface area contributed by atoms with Gasteiger partial charge in [0, 0.05) is 45.7 Å². The van der Waals surface area contributed by atoms with Crippen molar-refractivity contribution in [2.75, 3.05) is 38.8 Å². The van der Waals surface area contributed by atoms with Crippen molar-refractivity contribution in [3.8, 4) is 0 Å². The molecule has 8 nitrogen and oxygen atoms in total. The summed E-state index contributed by atoms with van der Waals surface area (Å²) >= 11 is 0. The number of likely N-dealkylation sites (N-methyl/N-ethyl adjacent to an activating group) is 1. The number of carbonyl (C=O) groups excluding carboxylic acids is 3. The molecule has 1 fully saturated rings. The van der Waals surface area contributed by atoms with Crippen molar-refractivity contribution < 1.29 is 45.1 Å². The lowest BCUT2D eigenvalue weighted by Gasteiger charge is -2.33. The van der Waals surface area contributed by atoms with Crippen molar-refractivity contribution in [3.63, 3.8) is 0 Å². The highest BCUT2D eigenvalue weighted by Crippen LogP contribution is 2.39. The topological polar surface area (TPSA) is 85.0 Å². The van der Waals surface area contributed by atoms with Crippen LogP contribution in [0.1, 0.15) is 29.5 Å². The van der Waals surface area contributed by atoms with E-state index in [1.54, 1.807) is 0 Å². The molecule has 1 aliphatic heterocycles. The number of hydrogen-bond acceptors (Lipinski definition) is 3. The number of nitrogens with one attached hydrogen (secondary N) is 2. The lowest BCUT2D eigenvalue weighted by atomic mass is 9.93. The fourth-order valence-electron chi connectivity index (χ4n) is 4.36. The summed E-state index contributed by atoms with van der Waals surface area (Å²) in [6.07, 6.45) is -10.2. The van der Waals surface area contributed by atoms with E-state index in [0.717, 1.165) is 11.9 Å². The standard InChI is InChI=1S/C25H26F7N5O3/c1-14(38)33-13-34-22(39)37-11-20(15-4-6-18(26)7-5-15)21(12-37)36(3)23(40)35(2)19-9-16(24(27,28)29)8-17(10-19)25(30,31)32/h4-10,20-21H,11-13H2,1-3H3,(H,33,38)(H,34,39). The first-order valence-corrected chi connectivity index (χ1v) is 11.8. The number of alkyl halides is 6. The summed E-state index contributed by atoms with van der Waals surface area (Å²) in [5.74, 6) is -1.50. The van der Waals surface area contributed by atoms with E-state index in [-0.39, 0.29) is 31.7 Å². The summed E-state index contributed by atoms with van der Waals surface area (Å²) in [4.78, 5) is 40.2. The Bertz CT molecular complexity index is 1220. The lowest BCUT2D eigenvalue weighted by Crippen LogP contribution is -2.48. The second kappa shape index (κ2) is 11.6. The summed E-state index contributed by atoms with van der Waals surface area (Å²) in [7, 11) is 2.34. The highest BCUT2D eigenvalue weighted by molar-refractivity contribution is 5.92. The summed E-state index contributed by atoms with van der Waals surface area (Å²) in [5.41, 5.74) is -3.25. The summed E-state index contributed by atoms with van der Waals surface area (Å²) in [5, 5.41) is 4.88. The SMILES string of the molecule is CC(=O)NCNC(=O)N1CC(c2ccc(F)cc2)C(N(C)C(=O)N(C)c2cc(C(F)(F)F)cc(C(F)(F)F)c2)C1. The zero-order valence-corrected chi connectivity index (χ0v) is 21.5. The van der Waals surface area contributed by atoms with Crippen LogP contribution in [0.15, 0.2) is 42.5 Å². The van der Waals surface area contributed by atoms with Crippen LogP contribution >= 0.6 is 0 Å². The first kappa shape index (κ1) is 30.5. The van der Waals surface area contributed by atoms with Gasteiger partial charge in [0.1, 0.15) is 5.82 Å². The van der Waals surface area contributed by atoms with Crippen molar-refractivity contribution in [1.29, 1.82) is 0 Å². The minimum atomic E-state index is -5.10. The molecule has 0 bridgehead atoms. The zero-order chi connectivity index (χ0) is 30.0. The summed E-state index contributed by atoms with van der Waals surface area (Å²) in [6, 6.07) is 3.79. The van der Waals surface area contributed by atoms with Crippen molar-refractivity contribution in [3.05, 3.63) is 65.0 Å². The quantitative estimate of drug-likeness (QED) is 0.402. The van der Waals surface area contributed by atoms with E-state index in [1.807, 2.05) is 0 Å². The molecule has 0 spiro atoms. The van der Waals surface area contributed by atoms with E-state index >= 15 is 0 Å². The second-order valence-electron chi connectivity index (χ2n) is 9.24. The molecule has 0 aliphatic carbocycles. The van der Waals surface area contributed by atoms with Crippen molar-refractivity contribution in [2.24, 2.45) is 0 Å². The van der Waals surface area contributed by atoms with Gasteiger partial charge in [0.2, 0.25) is 5.91 Å². The number of halogens is 7. The Labute approximate surface area is 224 Å². The number of anilines is 1. The molecule has 218 valence electrons. The zero-order valence-electron chi connectivity index (χ0n) is 21.5. The maximum atomic E-state index is 13.6. The Balaban J connectivity index is 1.91. The van der Waals surface area contributed by atoms with Crippen molar-refractivity contribution in [1.82, 2.24) is 20.4 Å². The van der Waals surface area contributed by atoms with Crippen LogP contribution in [-0.2, 0) is 17.1 Å². The fourth-order valence-corrected chi connectivity index (χ4v) is 4.36. The van der Waals surface area contributed by atoms with Crippen LogP contribution in [0.3, 0.4) is 0 Å². The molecule has 1 heterocycles. The molecule has 5 amide bonds. The van der Waals surface area contributed by atoms with Gasteiger partial charge < -0.3 is 20.4 Å². The number of amides is 5. The predicted molar refractivity (Wildman–Crippen MR) is 130 cm³/mol. The van der Waals surface area contributed by atoms with Crippen LogP contribution < -0.4 is 15.5 Å². The number of carbonyl (C=O) groups is 3. The molecular formula is C25H26F7N5O3. The van der Waals surface area contributed by atoms with Gasteiger partial charge in [-0.15, -0.1) is 0 Å². The summed E-state index contributed by atoms with van der Waals surface area (Å²) in [6.45, 7) is 1.05. The Morgan fingerprint density at radius 1 is 0.900 bits per heavy atom. The van der Waals surface area contributed by atoms with Gasteiger partial charge in [0.25, 0.3) is 0 Å². The largest absolute Gasteiger partial charge is 0.416 e. The number of nitrogens with zero attached hydrogens (tertiary/aromatic N) is 3. The monoisotopic (exact) mass is 577 g/mol. The molecule has 3 rings (SSSR count). The van der Waals surface area contributed by atoms with E-state index in [1.165, 1.54) is 43.1 Å². The maximum absolute atomic E-state index is 13.6. The van der Waals surface area contributed by atoms with Crippen LogP contribution in [0.5, 0.6) is 0 Å². The normalized spacial score (nSPS) is 17.4. The van der Waals surface area contributed by atoms with E-state index in [0.29, 0.717) is 22.6 Å². The lowest BCUT2D eigenvalue weighted by molar-refractivity contribution is -0.143. The molecule has 0 saturated carbocycles. The summed E-state index contributed by atoms with van der Waals surface area (Å²) < 4.78 is 93.6. The number of likely N-dealkylation sites (tertiary alicyclic amines) is 1. The molecular weight excluding hydrogens is 551 g/mol. The van der Waals surface area contributed by atoms with E-state index in [4.69, 9.17) is 0 Å². The van der Waals surface area contributed by atoms with Crippen molar-refractivity contribution in [2.45, 2.75) is 31.2 Å². The van der Waals surface area contributed by atoms with Gasteiger partial charge in [-0.1, -0.05) is 12.1 Å². The van der Waals surface area contributed by atoms with Crippen molar-refractivity contribution >= 4 is 23.7 Å². The molecule has 0 radical (unpaired) electrons. The van der Waals surface area contributed by atoms with Gasteiger partial charge in [0.05, 0.1) is 23.8 Å². The number of rotatable bonds is 5. The molecule has 1 saturated heterocycles. The van der Waals surface area contributed by atoms with E-state index in [9.17, 15) is 45.1 Å². The third-order valence-corrected chi connectivity index (χ3v) is 6.50. The molecule has 0 aromatic heterocycles. The minimum absolute atomic E-state index is 0.0372. The van der Waals surface area contributed by atoms with Crippen LogP contribution in [0, 0.1) is 5.82 Å². The highest BCUT2D eigenvalue weighted by atomic mass is 19.4. The molecule has 2 N–H and O–H groups in total. The minimum Gasteiger partial charge on any atom is -0.339 e. The molecule has 2 aromatic carbocycles. The Morgan fingerprint density at radius 2 is 1.45 bits per heavy atom. The van der Waals surface area contributed by atoms with Crippen LogP contribution in [0.25, 0.3) is 0 Å². The predicted octanol–water partition coefficient (Wildman–Crippen LogP) is 4.62. The molecule has 2 aromatic rings. The molecule has 1 aliphatic rings. The first-order valence-electron chi connectivity index (χ1n) is 11.8. The van der Waals surface area contributed by atoms with Gasteiger partial charge in [-0.2, -0.15) is 26.3 Å².